The molecule has 0 saturated carbocycles. The molecule has 0 amide bonds. The van der Waals surface area contributed by atoms with Crippen LogP contribution >= 0.6 is 22.6 Å². The first-order chi connectivity index (χ1) is 6.97. The Morgan fingerprint density at radius 3 is 2.93 bits per heavy atom. The summed E-state index contributed by atoms with van der Waals surface area (Å²) >= 11 is 2.23. The molecule has 3 N–H and O–H groups in total. The predicted molar refractivity (Wildman–Crippen MR) is 65.8 cm³/mol. The van der Waals surface area contributed by atoms with Gasteiger partial charge in [-0.3, -0.25) is 4.79 Å². The van der Waals surface area contributed by atoms with E-state index in [-0.39, 0.29) is 3.42 Å². The third-order valence-corrected chi connectivity index (χ3v) is 3.54. The van der Waals surface area contributed by atoms with Crippen molar-refractivity contribution in [1.29, 1.82) is 0 Å². The minimum Gasteiger partial charge on any atom is -0.497 e. The van der Waals surface area contributed by atoms with Crippen molar-refractivity contribution in [3.8, 4) is 0 Å². The maximum absolute atomic E-state index is 10.6. The molecule has 1 aliphatic carbocycles. The van der Waals surface area contributed by atoms with Crippen LogP contribution in [0.25, 0.3) is 0 Å². The molecule has 15 heavy (non-hydrogen) atoms. The van der Waals surface area contributed by atoms with Gasteiger partial charge in [0.2, 0.25) is 0 Å². The van der Waals surface area contributed by atoms with Gasteiger partial charge in [-0.05, 0) is 25.0 Å². The van der Waals surface area contributed by atoms with E-state index in [1.807, 2.05) is 18.2 Å². The van der Waals surface area contributed by atoms with Crippen LogP contribution in [0, 0.1) is 0 Å². The smallest absolute Gasteiger partial charge is 0.320 e. The minimum atomic E-state index is -0.957. The Balaban J connectivity index is 2.61. The third-order valence-electron chi connectivity index (χ3n) is 2.30. The first-order valence-corrected chi connectivity index (χ1v) is 5.65. The van der Waals surface area contributed by atoms with E-state index in [1.54, 1.807) is 7.11 Å². The molecular weight excluding hydrogens is 309 g/mol. The van der Waals surface area contributed by atoms with Gasteiger partial charge in [-0.25, -0.2) is 0 Å². The van der Waals surface area contributed by atoms with E-state index in [0.717, 1.165) is 12.2 Å². The fourth-order valence-corrected chi connectivity index (χ4v) is 2.27. The Morgan fingerprint density at radius 1 is 1.87 bits per heavy atom. The van der Waals surface area contributed by atoms with Crippen LogP contribution in [0.3, 0.4) is 0 Å². The maximum atomic E-state index is 10.6. The zero-order chi connectivity index (χ0) is 11.5. The zero-order valence-electron chi connectivity index (χ0n) is 8.44. The number of hydrogen-bond acceptors (Lipinski definition) is 3. The molecule has 2 atom stereocenters. The Morgan fingerprint density at radius 2 is 2.53 bits per heavy atom. The number of rotatable bonds is 4. The van der Waals surface area contributed by atoms with Crippen LogP contribution in [-0.4, -0.2) is 27.6 Å². The highest BCUT2D eigenvalue weighted by atomic mass is 127. The lowest BCUT2D eigenvalue weighted by Crippen LogP contribution is -2.37. The molecule has 0 radical (unpaired) electrons. The standard InChI is InChI=1S/C10H14INO3/c1-15-7-2-4-10(11,5-3-7)6-8(12)9(13)14/h2-4,8H,5-6,12H2,1H3,(H,13,14). The van der Waals surface area contributed by atoms with E-state index in [1.165, 1.54) is 0 Å². The van der Waals surface area contributed by atoms with Crippen molar-refractivity contribution >= 4 is 28.6 Å². The van der Waals surface area contributed by atoms with Crippen LogP contribution in [0.2, 0.25) is 0 Å². The average Bonchev–Trinajstić information content (AvgIpc) is 2.18. The number of allylic oxidation sites excluding steroid dienone is 3. The van der Waals surface area contributed by atoms with E-state index in [4.69, 9.17) is 15.6 Å². The minimum absolute atomic E-state index is 0.211. The van der Waals surface area contributed by atoms with Crippen LogP contribution in [0.1, 0.15) is 12.8 Å². The maximum Gasteiger partial charge on any atom is 0.320 e. The van der Waals surface area contributed by atoms with Gasteiger partial charge in [0.25, 0.3) is 0 Å². The van der Waals surface area contributed by atoms with Gasteiger partial charge in [0.15, 0.2) is 0 Å². The monoisotopic (exact) mass is 323 g/mol. The van der Waals surface area contributed by atoms with Gasteiger partial charge < -0.3 is 15.6 Å². The van der Waals surface area contributed by atoms with Gasteiger partial charge in [0.05, 0.1) is 7.11 Å². The molecular formula is C10H14INO3. The molecule has 1 aliphatic rings. The van der Waals surface area contributed by atoms with Gasteiger partial charge in [0.1, 0.15) is 11.8 Å². The molecule has 0 aliphatic heterocycles. The van der Waals surface area contributed by atoms with Crippen molar-refractivity contribution in [3.63, 3.8) is 0 Å². The molecule has 0 spiro atoms. The Bertz CT molecular complexity index is 314. The number of nitrogens with two attached hydrogens (primary N) is 1. The summed E-state index contributed by atoms with van der Waals surface area (Å²) in [7, 11) is 1.61. The fraction of sp³-hybridized carbons (Fsp3) is 0.500. The van der Waals surface area contributed by atoms with Crippen molar-refractivity contribution in [2.75, 3.05) is 7.11 Å². The molecule has 0 aromatic rings. The van der Waals surface area contributed by atoms with E-state index < -0.39 is 12.0 Å². The topological polar surface area (TPSA) is 72.5 Å². The number of methoxy groups -OCH3 is 1. The quantitative estimate of drug-likeness (QED) is 0.607. The summed E-state index contributed by atoms with van der Waals surface area (Å²) in [5, 5.41) is 8.73. The lowest BCUT2D eigenvalue weighted by atomic mass is 9.93. The van der Waals surface area contributed by atoms with Gasteiger partial charge in [0, 0.05) is 3.42 Å². The summed E-state index contributed by atoms with van der Waals surface area (Å²) in [6, 6.07) is -0.816. The van der Waals surface area contributed by atoms with Crippen molar-refractivity contribution < 1.29 is 14.6 Å². The largest absolute Gasteiger partial charge is 0.497 e. The number of hydrogen-bond donors (Lipinski definition) is 2. The molecule has 2 unspecified atom stereocenters. The lowest BCUT2D eigenvalue weighted by molar-refractivity contribution is -0.138. The highest BCUT2D eigenvalue weighted by Gasteiger charge is 2.30. The summed E-state index contributed by atoms with van der Waals surface area (Å²) in [5.41, 5.74) is 5.51. The van der Waals surface area contributed by atoms with Crippen LogP contribution in [0.5, 0.6) is 0 Å². The highest BCUT2D eigenvalue weighted by Crippen LogP contribution is 2.34. The number of carbonyl (C=O) groups is 1. The Labute approximate surface area is 102 Å². The summed E-state index contributed by atoms with van der Waals surface area (Å²) in [5.74, 6) is -0.146. The molecule has 0 bridgehead atoms. The molecule has 84 valence electrons. The predicted octanol–water partition coefficient (Wildman–Crippen LogP) is 1.45. The van der Waals surface area contributed by atoms with Crippen molar-refractivity contribution in [2.24, 2.45) is 5.73 Å². The summed E-state index contributed by atoms with van der Waals surface area (Å²) in [4.78, 5) is 10.6. The van der Waals surface area contributed by atoms with Crippen LogP contribution in [0.4, 0.5) is 0 Å². The molecule has 0 saturated heterocycles. The van der Waals surface area contributed by atoms with Crippen LogP contribution < -0.4 is 5.73 Å². The molecule has 0 aromatic carbocycles. The summed E-state index contributed by atoms with van der Waals surface area (Å²) in [6.45, 7) is 0. The molecule has 0 fully saturated rings. The normalized spacial score (nSPS) is 27.0. The first-order valence-electron chi connectivity index (χ1n) is 4.57. The van der Waals surface area contributed by atoms with Crippen molar-refractivity contribution in [3.05, 3.63) is 24.0 Å². The van der Waals surface area contributed by atoms with Gasteiger partial charge >= 0.3 is 5.97 Å². The highest BCUT2D eigenvalue weighted by molar-refractivity contribution is 14.1. The van der Waals surface area contributed by atoms with E-state index in [0.29, 0.717) is 6.42 Å². The molecule has 1 rings (SSSR count). The molecule has 5 heteroatoms. The third kappa shape index (κ3) is 3.49. The lowest BCUT2D eigenvalue weighted by Gasteiger charge is -2.27. The van der Waals surface area contributed by atoms with Crippen LogP contribution in [-0.2, 0) is 9.53 Å². The van der Waals surface area contributed by atoms with E-state index in [9.17, 15) is 4.79 Å². The van der Waals surface area contributed by atoms with Crippen molar-refractivity contribution in [1.82, 2.24) is 0 Å². The fourth-order valence-electron chi connectivity index (χ4n) is 1.39. The van der Waals surface area contributed by atoms with Gasteiger partial charge in [-0.15, -0.1) is 0 Å². The number of ether oxygens (including phenoxy) is 1. The molecule has 0 aromatic heterocycles. The number of aliphatic carboxylic acids is 1. The summed E-state index contributed by atoms with van der Waals surface area (Å²) in [6.07, 6.45) is 6.92. The molecule has 0 heterocycles. The second-order valence-corrected chi connectivity index (χ2v) is 5.68. The Hall–Kier alpha value is -0.560. The van der Waals surface area contributed by atoms with Crippen molar-refractivity contribution in [2.45, 2.75) is 22.3 Å². The van der Waals surface area contributed by atoms with Gasteiger partial charge in [-0.1, -0.05) is 28.7 Å². The summed E-state index contributed by atoms with van der Waals surface area (Å²) < 4.78 is 4.85. The second-order valence-electron chi connectivity index (χ2n) is 3.53. The van der Waals surface area contributed by atoms with Crippen LogP contribution in [0.15, 0.2) is 24.0 Å². The zero-order valence-corrected chi connectivity index (χ0v) is 10.6. The number of alkyl halides is 1. The van der Waals surface area contributed by atoms with Gasteiger partial charge in [-0.2, -0.15) is 0 Å². The SMILES string of the molecule is COC1=CCC(I)(CC(N)C(=O)O)C=C1. The Kier molecular flexibility index (Phi) is 4.15. The van der Waals surface area contributed by atoms with E-state index in [2.05, 4.69) is 22.6 Å². The first kappa shape index (κ1) is 12.5. The number of carboxylic acids is 1. The number of carboxylic acid groups (broad SMARTS) is 1. The average molecular weight is 323 g/mol. The second kappa shape index (κ2) is 4.98. The molecule has 4 nitrogen and oxygen atoms in total. The van der Waals surface area contributed by atoms with E-state index >= 15 is 0 Å². The number of halogens is 1.